The zero-order valence-corrected chi connectivity index (χ0v) is 20.8. The maximum atomic E-state index is 8.49. The van der Waals surface area contributed by atoms with Crippen LogP contribution in [0.5, 0.6) is 0 Å². The summed E-state index contributed by atoms with van der Waals surface area (Å²) in [5, 5.41) is 1.22. The monoisotopic (exact) mass is 544 g/mol. The highest BCUT2D eigenvalue weighted by Crippen LogP contribution is 2.34. The number of oxazole rings is 1. The van der Waals surface area contributed by atoms with Crippen LogP contribution >= 0.6 is 11.3 Å². The number of halogens is 2. The fraction of sp³-hybridized carbons (Fsp3) is 0.143. The number of aromatic nitrogens is 2. The fourth-order valence-corrected chi connectivity index (χ4v) is 4.95. The van der Waals surface area contributed by atoms with Crippen molar-refractivity contribution in [1.82, 2.24) is 0 Å². The van der Waals surface area contributed by atoms with Gasteiger partial charge in [-0.2, -0.15) is 4.57 Å². The molecule has 0 aliphatic carbocycles. The third kappa shape index (κ3) is 6.82. The molecule has 3 aromatic heterocycles. The molecule has 5 aromatic rings. The smallest absolute Gasteiger partial charge is 0.395 e. The van der Waals surface area contributed by atoms with E-state index in [-0.39, 0.29) is 0 Å². The Hall–Kier alpha value is -2.46. The van der Waals surface area contributed by atoms with E-state index in [0.717, 1.165) is 16.8 Å². The van der Waals surface area contributed by atoms with Crippen molar-refractivity contribution in [3.63, 3.8) is 0 Å². The molecule has 0 saturated carbocycles. The summed E-state index contributed by atoms with van der Waals surface area (Å²) in [4.78, 5) is 0. The summed E-state index contributed by atoms with van der Waals surface area (Å²) in [6, 6.07) is 19.0. The minimum atomic E-state index is -4.94. The highest BCUT2D eigenvalue weighted by atomic mass is 35.7. The maximum absolute atomic E-state index is 8.49. The molecule has 0 radical (unpaired) electrons. The second kappa shape index (κ2) is 10.3. The van der Waals surface area contributed by atoms with Crippen molar-refractivity contribution in [2.24, 2.45) is 7.05 Å². The van der Waals surface area contributed by atoms with Crippen LogP contribution in [0.3, 0.4) is 0 Å². The number of rotatable bonds is 1. The molecule has 0 amide bonds. The highest BCUT2D eigenvalue weighted by molar-refractivity contribution is 7.21. The molecule has 35 heavy (non-hydrogen) atoms. The van der Waals surface area contributed by atoms with E-state index < -0.39 is 20.5 Å². The predicted molar refractivity (Wildman–Crippen MR) is 101 cm³/mol. The molecular formula is C21H18Cl2N2O9S. The summed E-state index contributed by atoms with van der Waals surface area (Å²) in [6.45, 7) is 4.30. The number of para-hydroxylation sites is 3. The Bertz CT molecular complexity index is 1470. The second-order valence-electron chi connectivity index (χ2n) is 7.24. The Labute approximate surface area is 206 Å². The lowest BCUT2D eigenvalue weighted by Gasteiger charge is -2.17. The first-order chi connectivity index (χ1) is 16.1. The Balaban J connectivity index is 0.000000293. The van der Waals surface area contributed by atoms with Gasteiger partial charge in [-0.25, -0.2) is 37.3 Å². The lowest BCUT2D eigenvalue weighted by molar-refractivity contribution is -2.00. The molecule has 186 valence electrons. The van der Waals surface area contributed by atoms with Crippen LogP contribution in [0.1, 0.15) is 11.3 Å². The van der Waals surface area contributed by atoms with Gasteiger partial charge in [0.05, 0.1) is 0 Å². The Morgan fingerprint density at radius 3 is 1.86 bits per heavy atom. The number of aryl methyl sites for hydroxylation is 3. The van der Waals surface area contributed by atoms with E-state index in [1.165, 1.54) is 32.0 Å². The van der Waals surface area contributed by atoms with Crippen LogP contribution in [0, 0.1) is 34.3 Å². The second-order valence-corrected chi connectivity index (χ2v) is 9.79. The van der Waals surface area contributed by atoms with Gasteiger partial charge in [0.1, 0.15) is 11.7 Å². The molecule has 0 aliphatic rings. The van der Waals surface area contributed by atoms with Crippen molar-refractivity contribution in [1.29, 1.82) is 0 Å². The summed E-state index contributed by atoms with van der Waals surface area (Å²) in [6.07, 6.45) is 0. The van der Waals surface area contributed by atoms with Crippen LogP contribution < -0.4 is 46.2 Å². The molecule has 0 unspecified atom stereocenters. The maximum Gasteiger partial charge on any atom is 0.395 e. The Morgan fingerprint density at radius 1 is 0.771 bits per heavy atom. The number of fused-ring (bicyclic) bond motifs is 4. The van der Waals surface area contributed by atoms with E-state index in [9.17, 15) is 0 Å². The number of pyridine rings is 1. The molecule has 0 spiro atoms. The third-order valence-electron chi connectivity index (χ3n) is 4.85. The summed E-state index contributed by atoms with van der Waals surface area (Å²) in [5.74, 6) is 0. The molecule has 11 nitrogen and oxygen atoms in total. The molecule has 14 heteroatoms. The molecule has 0 bridgehead atoms. The van der Waals surface area contributed by atoms with Crippen molar-refractivity contribution in [3.8, 4) is 10.6 Å². The number of nitrogens with zero attached hydrogens (tertiary/aromatic N) is 2. The molecular weight excluding hydrogens is 527 g/mol. The molecule has 5 rings (SSSR count). The minimum Gasteiger partial charge on any atom is -0.397 e. The van der Waals surface area contributed by atoms with Crippen molar-refractivity contribution >= 4 is 38.4 Å². The normalized spacial score (nSPS) is 11.9. The molecule has 0 saturated heterocycles. The molecule has 3 heterocycles. The fourth-order valence-electron chi connectivity index (χ4n) is 3.70. The molecule has 0 fully saturated rings. The van der Waals surface area contributed by atoms with Crippen LogP contribution in [0.2, 0.25) is 0 Å². The topological polar surface area (TPSA) is 206 Å². The summed E-state index contributed by atoms with van der Waals surface area (Å²) >= 11 is 1.81. The quantitative estimate of drug-likeness (QED) is 0.185. The lowest BCUT2D eigenvalue weighted by atomic mass is 10.1. The van der Waals surface area contributed by atoms with Gasteiger partial charge in [0.2, 0.25) is 11.1 Å². The third-order valence-corrected chi connectivity index (χ3v) is 6.09. The van der Waals surface area contributed by atoms with E-state index in [1.54, 1.807) is 0 Å². The SMILES string of the molecule is Cc1cc(C)[n+]2c(oc3ccccc32)c1-c1sc2ccccc2[n+]1C.[O-][Cl+3]([O-])([O-])[O-].[O-][Cl+3]([O-])([O-])[O-]. The van der Waals surface area contributed by atoms with Gasteiger partial charge in [-0.3, -0.25) is 0 Å². The zero-order chi connectivity index (χ0) is 26.1. The van der Waals surface area contributed by atoms with Crippen molar-refractivity contribution in [2.45, 2.75) is 13.8 Å². The van der Waals surface area contributed by atoms with E-state index in [2.05, 4.69) is 72.3 Å². The van der Waals surface area contributed by atoms with E-state index in [0.29, 0.717) is 0 Å². The van der Waals surface area contributed by atoms with E-state index >= 15 is 0 Å². The lowest BCUT2D eigenvalue weighted by Crippen LogP contribution is -2.68. The number of hydrogen-bond donors (Lipinski definition) is 0. The van der Waals surface area contributed by atoms with Gasteiger partial charge in [-0.15, -0.1) is 24.9 Å². The van der Waals surface area contributed by atoms with Crippen molar-refractivity contribution in [2.75, 3.05) is 0 Å². The van der Waals surface area contributed by atoms with Gasteiger partial charge in [0.15, 0.2) is 11.3 Å². The predicted octanol–water partition coefficient (Wildman–Crippen LogP) is -5.02. The Morgan fingerprint density at radius 2 is 1.29 bits per heavy atom. The van der Waals surface area contributed by atoms with Gasteiger partial charge < -0.3 is 4.42 Å². The largest absolute Gasteiger partial charge is 0.397 e. The molecule has 2 aromatic carbocycles. The van der Waals surface area contributed by atoms with Crippen LogP contribution in [-0.4, -0.2) is 0 Å². The summed E-state index contributed by atoms with van der Waals surface area (Å²) < 4.78 is 80.0. The first-order valence-electron chi connectivity index (χ1n) is 9.60. The van der Waals surface area contributed by atoms with Gasteiger partial charge in [-0.05, 0) is 24.6 Å². The summed E-state index contributed by atoms with van der Waals surface area (Å²) in [7, 11) is -7.76. The minimum absolute atomic E-state index is 0.917. The van der Waals surface area contributed by atoms with Crippen LogP contribution in [0.15, 0.2) is 59.0 Å². The van der Waals surface area contributed by atoms with Gasteiger partial charge >= 0.3 is 5.71 Å². The number of thiazole rings is 1. The van der Waals surface area contributed by atoms with Gasteiger partial charge in [0, 0.05) is 25.1 Å². The summed E-state index contributed by atoms with van der Waals surface area (Å²) in [5.41, 5.74) is 7.79. The van der Waals surface area contributed by atoms with Crippen LogP contribution in [0.4, 0.5) is 0 Å². The zero-order valence-electron chi connectivity index (χ0n) is 18.4. The van der Waals surface area contributed by atoms with Crippen LogP contribution in [0.25, 0.3) is 37.6 Å². The molecule has 0 N–H and O–H groups in total. The van der Waals surface area contributed by atoms with Crippen molar-refractivity contribution in [3.05, 3.63) is 65.9 Å². The standard InChI is InChI=1S/C21H18N2OS.2ClHO4/c1-13-12-14(2)23-15-8-4-6-10-17(15)24-20(23)19(13)21-22(3)16-9-5-7-11-18(16)25-21;2*2-1(3,4)5/h4-12H,1-3H3;2*(H,2,3,4,5)/q+2;;/p-2. The number of hydrogen-bond acceptors (Lipinski definition) is 10. The number of benzene rings is 2. The van der Waals surface area contributed by atoms with E-state index in [4.69, 9.17) is 41.7 Å². The average Bonchev–Trinajstić information content (AvgIpc) is 3.24. The average molecular weight is 545 g/mol. The van der Waals surface area contributed by atoms with Crippen molar-refractivity contribution < 1.29 is 71.1 Å². The first kappa shape index (κ1) is 27.1. The van der Waals surface area contributed by atoms with Gasteiger partial charge in [-0.1, -0.05) is 35.6 Å². The Kier molecular flexibility index (Phi) is 7.96. The molecule has 0 aliphatic heterocycles. The molecule has 0 atom stereocenters. The van der Waals surface area contributed by atoms with Crippen LogP contribution in [-0.2, 0) is 7.05 Å². The van der Waals surface area contributed by atoms with E-state index in [1.807, 2.05) is 23.5 Å². The van der Waals surface area contributed by atoms with Gasteiger partial charge in [0.25, 0.3) is 10.5 Å². The first-order valence-corrected chi connectivity index (χ1v) is 12.9. The highest BCUT2D eigenvalue weighted by Gasteiger charge is 2.31.